The largest absolute Gasteiger partial charge is 0.444 e. The van der Waals surface area contributed by atoms with Gasteiger partial charge in [-0.3, -0.25) is 9.69 Å². The Bertz CT molecular complexity index is 514. The molecular formula is C17H24N2O3. The molecule has 0 radical (unpaired) electrons. The van der Waals surface area contributed by atoms with Crippen LogP contribution in [0.3, 0.4) is 0 Å². The van der Waals surface area contributed by atoms with E-state index in [9.17, 15) is 9.59 Å². The summed E-state index contributed by atoms with van der Waals surface area (Å²) in [5, 5.41) is 0. The summed E-state index contributed by atoms with van der Waals surface area (Å²) in [6.45, 7) is 8.55. The van der Waals surface area contributed by atoms with Gasteiger partial charge in [-0.25, -0.2) is 4.79 Å². The molecule has 1 aliphatic heterocycles. The Hall–Kier alpha value is -1.88. The smallest absolute Gasteiger partial charge is 0.410 e. The van der Waals surface area contributed by atoms with Crippen LogP contribution >= 0.6 is 0 Å². The molecule has 5 nitrogen and oxygen atoms in total. The van der Waals surface area contributed by atoms with Gasteiger partial charge in [0.05, 0.1) is 6.54 Å². The number of ether oxygens (including phenoxy) is 1. The average molecular weight is 304 g/mol. The minimum absolute atomic E-state index is 0.117. The van der Waals surface area contributed by atoms with Crippen molar-refractivity contribution in [2.45, 2.75) is 26.4 Å². The molecule has 0 saturated carbocycles. The van der Waals surface area contributed by atoms with Crippen molar-refractivity contribution in [3.05, 3.63) is 35.9 Å². The second-order valence-corrected chi connectivity index (χ2v) is 6.53. The lowest BCUT2D eigenvalue weighted by molar-refractivity contribution is 0.0149. The lowest BCUT2D eigenvalue weighted by atomic mass is 10.1. The van der Waals surface area contributed by atoms with Crippen LogP contribution in [0.4, 0.5) is 4.79 Å². The number of ketones is 1. The van der Waals surface area contributed by atoms with E-state index in [2.05, 4.69) is 4.90 Å². The zero-order valence-electron chi connectivity index (χ0n) is 13.5. The van der Waals surface area contributed by atoms with Gasteiger partial charge >= 0.3 is 6.09 Å². The molecule has 1 aliphatic rings. The molecule has 0 atom stereocenters. The Balaban J connectivity index is 1.80. The van der Waals surface area contributed by atoms with Gasteiger partial charge in [-0.15, -0.1) is 0 Å². The first-order valence-electron chi connectivity index (χ1n) is 7.64. The van der Waals surface area contributed by atoms with Crippen LogP contribution in [0.15, 0.2) is 30.3 Å². The Kier molecular flexibility index (Phi) is 5.19. The van der Waals surface area contributed by atoms with Crippen LogP contribution in [0.25, 0.3) is 0 Å². The molecule has 1 saturated heterocycles. The van der Waals surface area contributed by atoms with Crippen molar-refractivity contribution in [2.24, 2.45) is 0 Å². The van der Waals surface area contributed by atoms with Crippen molar-refractivity contribution in [3.8, 4) is 0 Å². The van der Waals surface area contributed by atoms with Gasteiger partial charge in [-0.2, -0.15) is 0 Å². The third-order valence-corrected chi connectivity index (χ3v) is 3.49. The van der Waals surface area contributed by atoms with Crippen LogP contribution < -0.4 is 0 Å². The molecule has 0 aliphatic carbocycles. The van der Waals surface area contributed by atoms with E-state index in [0.29, 0.717) is 32.7 Å². The summed E-state index contributed by atoms with van der Waals surface area (Å²) in [4.78, 5) is 27.9. The summed E-state index contributed by atoms with van der Waals surface area (Å²) in [6.07, 6.45) is -0.276. The minimum Gasteiger partial charge on any atom is -0.444 e. The zero-order chi connectivity index (χ0) is 16.2. The number of amides is 1. The highest BCUT2D eigenvalue weighted by molar-refractivity contribution is 5.97. The van der Waals surface area contributed by atoms with E-state index in [4.69, 9.17) is 4.74 Å². The van der Waals surface area contributed by atoms with Crippen LogP contribution in [0, 0.1) is 0 Å². The van der Waals surface area contributed by atoms with E-state index in [-0.39, 0.29) is 11.9 Å². The van der Waals surface area contributed by atoms with E-state index in [1.54, 1.807) is 4.90 Å². The predicted octanol–water partition coefficient (Wildman–Crippen LogP) is 2.42. The third-order valence-electron chi connectivity index (χ3n) is 3.49. The second-order valence-electron chi connectivity index (χ2n) is 6.53. The molecule has 22 heavy (non-hydrogen) atoms. The second kappa shape index (κ2) is 6.92. The van der Waals surface area contributed by atoms with Crippen molar-refractivity contribution in [1.82, 2.24) is 9.80 Å². The molecule has 0 aromatic heterocycles. The summed E-state index contributed by atoms with van der Waals surface area (Å²) in [5.74, 6) is 0.117. The average Bonchev–Trinajstić information content (AvgIpc) is 2.47. The molecule has 0 bridgehead atoms. The molecule has 1 heterocycles. The first-order chi connectivity index (χ1) is 10.3. The number of carbonyl (C=O) groups excluding carboxylic acids is 2. The number of hydrogen-bond donors (Lipinski definition) is 0. The fraction of sp³-hybridized carbons (Fsp3) is 0.529. The monoisotopic (exact) mass is 304 g/mol. The molecule has 2 rings (SSSR count). The lowest BCUT2D eigenvalue weighted by Crippen LogP contribution is -2.51. The molecule has 1 fully saturated rings. The van der Waals surface area contributed by atoms with Crippen molar-refractivity contribution >= 4 is 11.9 Å². The predicted molar refractivity (Wildman–Crippen MR) is 85.0 cm³/mol. The quantitative estimate of drug-likeness (QED) is 0.805. The summed E-state index contributed by atoms with van der Waals surface area (Å²) in [7, 11) is 0. The maximum atomic E-state index is 12.2. The number of hydrogen-bond acceptors (Lipinski definition) is 4. The van der Waals surface area contributed by atoms with Crippen LogP contribution in [0.2, 0.25) is 0 Å². The molecular weight excluding hydrogens is 280 g/mol. The molecule has 5 heteroatoms. The Morgan fingerprint density at radius 1 is 1.05 bits per heavy atom. The first kappa shape index (κ1) is 16.5. The van der Waals surface area contributed by atoms with Gasteiger partial charge in [0.15, 0.2) is 5.78 Å². The van der Waals surface area contributed by atoms with Crippen molar-refractivity contribution in [3.63, 3.8) is 0 Å². The van der Waals surface area contributed by atoms with Crippen molar-refractivity contribution < 1.29 is 14.3 Å². The van der Waals surface area contributed by atoms with E-state index < -0.39 is 5.60 Å². The number of carbonyl (C=O) groups is 2. The number of rotatable bonds is 3. The first-order valence-corrected chi connectivity index (χ1v) is 7.64. The third kappa shape index (κ3) is 4.84. The molecule has 0 spiro atoms. The Morgan fingerprint density at radius 3 is 2.18 bits per heavy atom. The summed E-state index contributed by atoms with van der Waals surface area (Å²) < 4.78 is 5.36. The summed E-state index contributed by atoms with van der Waals surface area (Å²) >= 11 is 0. The highest BCUT2D eigenvalue weighted by atomic mass is 16.6. The summed E-state index contributed by atoms with van der Waals surface area (Å²) in [5.41, 5.74) is 0.259. The minimum atomic E-state index is -0.475. The molecule has 0 N–H and O–H groups in total. The lowest BCUT2D eigenvalue weighted by Gasteiger charge is -2.35. The number of nitrogens with zero attached hydrogens (tertiary/aromatic N) is 2. The zero-order valence-corrected chi connectivity index (χ0v) is 13.5. The van der Waals surface area contributed by atoms with Gasteiger partial charge in [0, 0.05) is 31.7 Å². The summed E-state index contributed by atoms with van der Waals surface area (Å²) in [6, 6.07) is 9.30. The van der Waals surface area contributed by atoms with Gasteiger partial charge in [0.25, 0.3) is 0 Å². The van der Waals surface area contributed by atoms with E-state index >= 15 is 0 Å². The van der Waals surface area contributed by atoms with Crippen LogP contribution in [0.1, 0.15) is 31.1 Å². The SMILES string of the molecule is CC(C)(C)OC(=O)N1CCN(CC(=O)c2ccccc2)CC1. The number of piperazine rings is 1. The van der Waals surface area contributed by atoms with Gasteiger partial charge in [0.2, 0.25) is 0 Å². The normalized spacial score (nSPS) is 16.4. The van der Waals surface area contributed by atoms with Gasteiger partial charge in [0.1, 0.15) is 5.60 Å². The number of benzene rings is 1. The van der Waals surface area contributed by atoms with Crippen molar-refractivity contribution in [1.29, 1.82) is 0 Å². The van der Waals surface area contributed by atoms with Gasteiger partial charge in [-0.05, 0) is 20.8 Å². The highest BCUT2D eigenvalue weighted by Gasteiger charge is 2.26. The molecule has 1 aromatic rings. The fourth-order valence-corrected chi connectivity index (χ4v) is 2.33. The topological polar surface area (TPSA) is 49.9 Å². The molecule has 1 aromatic carbocycles. The van der Waals surface area contributed by atoms with E-state index in [1.165, 1.54) is 0 Å². The molecule has 0 unspecified atom stereocenters. The van der Waals surface area contributed by atoms with Crippen LogP contribution in [-0.2, 0) is 4.74 Å². The number of Topliss-reactive ketones (excluding diaryl/α,β-unsaturated/α-hetero) is 1. The van der Waals surface area contributed by atoms with E-state index in [1.807, 2.05) is 51.1 Å². The van der Waals surface area contributed by atoms with Gasteiger partial charge < -0.3 is 9.64 Å². The van der Waals surface area contributed by atoms with E-state index in [0.717, 1.165) is 5.56 Å². The highest BCUT2D eigenvalue weighted by Crippen LogP contribution is 2.12. The molecule has 120 valence electrons. The van der Waals surface area contributed by atoms with Crippen LogP contribution in [0.5, 0.6) is 0 Å². The Morgan fingerprint density at radius 2 is 1.64 bits per heavy atom. The maximum absolute atomic E-state index is 12.2. The maximum Gasteiger partial charge on any atom is 0.410 e. The van der Waals surface area contributed by atoms with Gasteiger partial charge in [-0.1, -0.05) is 30.3 Å². The fourth-order valence-electron chi connectivity index (χ4n) is 2.33. The molecule has 1 amide bonds. The standard InChI is InChI=1S/C17H24N2O3/c1-17(2,3)22-16(21)19-11-9-18(10-12-19)13-15(20)14-7-5-4-6-8-14/h4-8H,9-13H2,1-3H3. The Labute approximate surface area is 131 Å². The van der Waals surface area contributed by atoms with Crippen molar-refractivity contribution in [2.75, 3.05) is 32.7 Å². The van der Waals surface area contributed by atoms with Crippen LogP contribution in [-0.4, -0.2) is 60.0 Å².